The van der Waals surface area contributed by atoms with Gasteiger partial charge in [0.1, 0.15) is 17.2 Å². The summed E-state index contributed by atoms with van der Waals surface area (Å²) in [4.78, 5) is 27.8. The van der Waals surface area contributed by atoms with Gasteiger partial charge in [-0.15, -0.1) is 0 Å². The lowest BCUT2D eigenvalue weighted by Crippen LogP contribution is -2.20. The number of fused-ring (bicyclic) bond motifs is 1. The summed E-state index contributed by atoms with van der Waals surface area (Å²) >= 11 is 0. The third-order valence-electron chi connectivity index (χ3n) is 5.05. The molecule has 0 saturated carbocycles. The number of carboxylic acid groups (broad SMARTS) is 1. The lowest BCUT2D eigenvalue weighted by molar-refractivity contribution is 0.0697. The number of aryl methyl sites for hydroxylation is 1. The van der Waals surface area contributed by atoms with Gasteiger partial charge in [0.15, 0.2) is 0 Å². The van der Waals surface area contributed by atoms with E-state index < -0.39 is 5.97 Å². The molecule has 3 aromatic rings. The van der Waals surface area contributed by atoms with Crippen molar-refractivity contribution >= 4 is 11.8 Å². The topological polar surface area (TPSA) is 79.2 Å². The molecule has 0 fully saturated rings. The van der Waals surface area contributed by atoms with Crippen molar-refractivity contribution in [1.29, 1.82) is 0 Å². The van der Waals surface area contributed by atoms with E-state index in [4.69, 9.17) is 9.97 Å². The fourth-order valence-electron chi connectivity index (χ4n) is 3.49. The Morgan fingerprint density at radius 2 is 1.90 bits per heavy atom. The van der Waals surface area contributed by atoms with Gasteiger partial charge in [-0.25, -0.2) is 19.7 Å². The summed E-state index contributed by atoms with van der Waals surface area (Å²) in [5.41, 5.74) is 4.85. The van der Waals surface area contributed by atoms with Crippen molar-refractivity contribution in [3.63, 3.8) is 0 Å². The molecule has 148 valence electrons. The maximum atomic E-state index is 11.8. The molecule has 1 aliphatic heterocycles. The fraction of sp³-hybridized carbons (Fsp3) is 0.304. The Morgan fingerprint density at radius 1 is 1.10 bits per heavy atom. The van der Waals surface area contributed by atoms with Crippen molar-refractivity contribution in [2.45, 2.75) is 46.2 Å². The molecule has 6 nitrogen and oxygen atoms in total. The molecule has 3 heterocycles. The van der Waals surface area contributed by atoms with E-state index in [1.165, 1.54) is 0 Å². The van der Waals surface area contributed by atoms with Crippen molar-refractivity contribution < 1.29 is 9.90 Å². The molecule has 0 amide bonds. The zero-order valence-electron chi connectivity index (χ0n) is 17.1. The SMILES string of the molecule is Cc1cccc(-c2ccc(C(=O)O)c(N3Cc4cnc(C(C)(C)C)nc4C3)n2)c1. The minimum atomic E-state index is -0.985. The third kappa shape index (κ3) is 3.70. The van der Waals surface area contributed by atoms with Crippen LogP contribution in [0, 0.1) is 6.92 Å². The Morgan fingerprint density at radius 3 is 2.59 bits per heavy atom. The Balaban J connectivity index is 1.73. The number of aromatic carboxylic acids is 1. The standard InChI is InChI=1S/C23H24N4O2/c1-14-6-5-7-15(10-14)18-9-8-17(21(28)29)20(25-18)27-12-16-11-24-22(23(2,3)4)26-19(16)13-27/h5-11H,12-13H2,1-4H3,(H,28,29). The summed E-state index contributed by atoms with van der Waals surface area (Å²) in [5, 5.41) is 9.70. The van der Waals surface area contributed by atoms with E-state index in [1.54, 1.807) is 12.1 Å². The molecule has 6 heteroatoms. The van der Waals surface area contributed by atoms with Crippen LogP contribution in [0.2, 0.25) is 0 Å². The van der Waals surface area contributed by atoms with Crippen molar-refractivity contribution in [3.05, 3.63) is 70.8 Å². The average molecular weight is 388 g/mol. The van der Waals surface area contributed by atoms with E-state index in [0.29, 0.717) is 18.9 Å². The first-order chi connectivity index (χ1) is 13.7. The van der Waals surface area contributed by atoms with Gasteiger partial charge in [0, 0.05) is 29.3 Å². The van der Waals surface area contributed by atoms with E-state index in [2.05, 4.69) is 25.8 Å². The van der Waals surface area contributed by atoms with Crippen LogP contribution in [-0.4, -0.2) is 26.0 Å². The molecule has 2 aromatic heterocycles. The highest BCUT2D eigenvalue weighted by Gasteiger charge is 2.28. The molecule has 29 heavy (non-hydrogen) atoms. The first kappa shape index (κ1) is 19.1. The van der Waals surface area contributed by atoms with E-state index >= 15 is 0 Å². The van der Waals surface area contributed by atoms with Gasteiger partial charge in [-0.2, -0.15) is 0 Å². The van der Waals surface area contributed by atoms with Gasteiger partial charge in [-0.05, 0) is 25.1 Å². The van der Waals surface area contributed by atoms with E-state index in [9.17, 15) is 9.90 Å². The monoisotopic (exact) mass is 388 g/mol. The van der Waals surface area contributed by atoms with Gasteiger partial charge in [-0.3, -0.25) is 0 Å². The first-order valence-corrected chi connectivity index (χ1v) is 9.64. The van der Waals surface area contributed by atoms with Crippen LogP contribution in [0.3, 0.4) is 0 Å². The van der Waals surface area contributed by atoms with E-state index in [1.807, 2.05) is 42.3 Å². The first-order valence-electron chi connectivity index (χ1n) is 9.64. The lowest BCUT2D eigenvalue weighted by Gasteiger charge is -2.19. The summed E-state index contributed by atoms with van der Waals surface area (Å²) in [5.74, 6) is 0.269. The number of nitrogens with zero attached hydrogens (tertiary/aromatic N) is 4. The van der Waals surface area contributed by atoms with Gasteiger partial charge in [0.05, 0.1) is 17.9 Å². The number of rotatable bonds is 3. The normalized spacial score (nSPS) is 13.4. The Labute approximate surface area is 170 Å². The number of hydrogen-bond donors (Lipinski definition) is 1. The molecule has 1 aromatic carbocycles. The van der Waals surface area contributed by atoms with Crippen LogP contribution in [0.15, 0.2) is 42.6 Å². The number of benzene rings is 1. The molecule has 4 rings (SSSR count). The Hall–Kier alpha value is -3.28. The summed E-state index contributed by atoms with van der Waals surface area (Å²) in [6.45, 7) is 9.33. The van der Waals surface area contributed by atoms with Gasteiger partial charge < -0.3 is 10.0 Å². The maximum absolute atomic E-state index is 11.8. The molecule has 0 spiro atoms. The zero-order chi connectivity index (χ0) is 20.8. The molecule has 0 radical (unpaired) electrons. The van der Waals surface area contributed by atoms with Crippen molar-refractivity contribution in [2.75, 3.05) is 4.90 Å². The number of aromatic nitrogens is 3. The molecular formula is C23H24N4O2. The summed E-state index contributed by atoms with van der Waals surface area (Å²) in [6.07, 6.45) is 1.85. The van der Waals surface area contributed by atoms with Crippen molar-refractivity contribution in [1.82, 2.24) is 15.0 Å². The molecule has 0 unspecified atom stereocenters. The Kier molecular flexibility index (Phi) is 4.57. The Bertz CT molecular complexity index is 1100. The van der Waals surface area contributed by atoms with Crippen LogP contribution in [0.5, 0.6) is 0 Å². The number of carboxylic acids is 1. The average Bonchev–Trinajstić information content (AvgIpc) is 3.10. The second-order valence-corrected chi connectivity index (χ2v) is 8.51. The van der Waals surface area contributed by atoms with Crippen LogP contribution in [-0.2, 0) is 18.5 Å². The molecule has 1 aliphatic rings. The van der Waals surface area contributed by atoms with Gasteiger partial charge in [-0.1, -0.05) is 44.5 Å². The van der Waals surface area contributed by atoms with Gasteiger partial charge >= 0.3 is 5.97 Å². The summed E-state index contributed by atoms with van der Waals surface area (Å²) < 4.78 is 0. The molecule has 0 bridgehead atoms. The van der Waals surface area contributed by atoms with Crippen LogP contribution in [0.1, 0.15) is 53.8 Å². The molecule has 0 atom stereocenters. The molecular weight excluding hydrogens is 364 g/mol. The largest absolute Gasteiger partial charge is 0.478 e. The quantitative estimate of drug-likeness (QED) is 0.718. The minimum absolute atomic E-state index is 0.141. The van der Waals surface area contributed by atoms with E-state index in [0.717, 1.165) is 33.9 Å². The van der Waals surface area contributed by atoms with E-state index in [-0.39, 0.29) is 11.0 Å². The summed E-state index contributed by atoms with van der Waals surface area (Å²) in [6, 6.07) is 11.4. The fourth-order valence-corrected chi connectivity index (χ4v) is 3.49. The van der Waals surface area contributed by atoms with Crippen LogP contribution in [0.4, 0.5) is 5.82 Å². The second kappa shape index (κ2) is 6.95. The highest BCUT2D eigenvalue weighted by Crippen LogP contribution is 2.32. The molecule has 0 aliphatic carbocycles. The third-order valence-corrected chi connectivity index (χ3v) is 5.05. The van der Waals surface area contributed by atoms with Crippen LogP contribution < -0.4 is 4.90 Å². The number of hydrogen-bond acceptors (Lipinski definition) is 5. The minimum Gasteiger partial charge on any atom is -0.478 e. The number of pyridine rings is 1. The smallest absolute Gasteiger partial charge is 0.339 e. The predicted octanol–water partition coefficient (Wildman–Crippen LogP) is 4.36. The lowest BCUT2D eigenvalue weighted by atomic mass is 9.95. The zero-order valence-corrected chi connectivity index (χ0v) is 17.1. The van der Waals surface area contributed by atoms with Gasteiger partial charge in [0.2, 0.25) is 0 Å². The summed E-state index contributed by atoms with van der Waals surface area (Å²) in [7, 11) is 0. The highest BCUT2D eigenvalue weighted by atomic mass is 16.4. The highest BCUT2D eigenvalue weighted by molar-refractivity contribution is 5.94. The molecule has 1 N–H and O–H groups in total. The van der Waals surface area contributed by atoms with Gasteiger partial charge in [0.25, 0.3) is 0 Å². The van der Waals surface area contributed by atoms with Crippen molar-refractivity contribution in [2.24, 2.45) is 0 Å². The second-order valence-electron chi connectivity index (χ2n) is 8.51. The number of carbonyl (C=O) groups is 1. The van der Waals surface area contributed by atoms with Crippen LogP contribution in [0.25, 0.3) is 11.3 Å². The molecule has 0 saturated heterocycles. The van der Waals surface area contributed by atoms with Crippen LogP contribution >= 0.6 is 0 Å². The predicted molar refractivity (Wildman–Crippen MR) is 112 cm³/mol. The maximum Gasteiger partial charge on any atom is 0.339 e. The number of anilines is 1. The van der Waals surface area contributed by atoms with Crippen molar-refractivity contribution in [3.8, 4) is 11.3 Å².